The first kappa shape index (κ1) is 6.41. The third-order valence-electron chi connectivity index (χ3n) is 0.766. The summed E-state index contributed by atoms with van der Waals surface area (Å²) in [5.74, 6) is 0. The maximum absolute atomic E-state index is 3.78. The van der Waals surface area contributed by atoms with E-state index in [0.717, 1.165) is 12.0 Å². The van der Waals surface area contributed by atoms with E-state index in [1.54, 1.807) is 13.3 Å². The maximum Gasteiger partial charge on any atom is 0.0277 e. The summed E-state index contributed by atoms with van der Waals surface area (Å²) in [5.41, 5.74) is 1.09. The minimum atomic E-state index is 0.997. The fraction of sp³-hybridized carbons (Fsp3) is 0.500. The minimum Gasteiger partial charge on any atom is -0.296 e. The van der Waals surface area contributed by atoms with Crippen LogP contribution in [0.15, 0.2) is 17.1 Å². The third kappa shape index (κ3) is 3.23. The Balaban J connectivity index is 3.37. The van der Waals surface area contributed by atoms with E-state index >= 15 is 0 Å². The summed E-state index contributed by atoms with van der Waals surface area (Å²) in [7, 11) is 1.75. The van der Waals surface area contributed by atoms with Crippen LogP contribution in [0.3, 0.4) is 0 Å². The Morgan fingerprint density at radius 2 is 2.43 bits per heavy atom. The van der Waals surface area contributed by atoms with Crippen LogP contribution in [-0.2, 0) is 0 Å². The van der Waals surface area contributed by atoms with Gasteiger partial charge in [0.05, 0.1) is 0 Å². The minimum absolute atomic E-state index is 0.997. The zero-order valence-corrected chi connectivity index (χ0v) is 4.94. The van der Waals surface area contributed by atoms with Gasteiger partial charge in [0.1, 0.15) is 0 Å². The highest BCUT2D eigenvalue weighted by Crippen LogP contribution is 1.88. The van der Waals surface area contributed by atoms with Gasteiger partial charge in [0, 0.05) is 13.3 Å². The lowest BCUT2D eigenvalue weighted by Gasteiger charge is -1.84. The number of aliphatic imine (C=N–C) groups is 1. The SMILES string of the molecule is C=C(/C=N\C)CC. The smallest absolute Gasteiger partial charge is 0.0277 e. The molecule has 0 atom stereocenters. The van der Waals surface area contributed by atoms with E-state index in [0.29, 0.717) is 0 Å². The van der Waals surface area contributed by atoms with Crippen molar-refractivity contribution in [3.05, 3.63) is 12.2 Å². The Morgan fingerprint density at radius 3 is 2.57 bits per heavy atom. The molecule has 0 aromatic heterocycles. The summed E-state index contributed by atoms with van der Waals surface area (Å²) >= 11 is 0. The lowest BCUT2D eigenvalue weighted by molar-refractivity contribution is 1.18. The molecular formula is C6H11N. The lowest BCUT2D eigenvalue weighted by Crippen LogP contribution is -1.75. The average Bonchev–Trinajstić information content (AvgIpc) is 1.68. The van der Waals surface area contributed by atoms with Crippen LogP contribution in [0.4, 0.5) is 0 Å². The van der Waals surface area contributed by atoms with E-state index in [1.165, 1.54) is 0 Å². The summed E-state index contributed by atoms with van der Waals surface area (Å²) in [6.07, 6.45) is 2.78. The molecular weight excluding hydrogens is 86.1 g/mol. The van der Waals surface area contributed by atoms with E-state index in [1.807, 2.05) is 0 Å². The van der Waals surface area contributed by atoms with E-state index in [4.69, 9.17) is 0 Å². The fourth-order valence-corrected chi connectivity index (χ4v) is 0.274. The van der Waals surface area contributed by atoms with Gasteiger partial charge in [-0.05, 0) is 12.0 Å². The van der Waals surface area contributed by atoms with Gasteiger partial charge in [-0.2, -0.15) is 0 Å². The van der Waals surface area contributed by atoms with Crippen molar-refractivity contribution in [1.82, 2.24) is 0 Å². The van der Waals surface area contributed by atoms with Crippen molar-refractivity contribution in [2.24, 2.45) is 4.99 Å². The van der Waals surface area contributed by atoms with Crippen LogP contribution in [0.2, 0.25) is 0 Å². The van der Waals surface area contributed by atoms with Gasteiger partial charge in [-0.1, -0.05) is 13.5 Å². The highest BCUT2D eigenvalue weighted by Gasteiger charge is 1.76. The molecule has 0 saturated heterocycles. The molecule has 0 aliphatic rings. The highest BCUT2D eigenvalue weighted by atomic mass is 14.6. The second-order valence-corrected chi connectivity index (χ2v) is 1.40. The second kappa shape index (κ2) is 3.59. The van der Waals surface area contributed by atoms with Crippen LogP contribution in [-0.4, -0.2) is 13.3 Å². The molecule has 0 fully saturated rings. The van der Waals surface area contributed by atoms with E-state index in [2.05, 4.69) is 18.5 Å². The maximum atomic E-state index is 3.78. The van der Waals surface area contributed by atoms with Gasteiger partial charge < -0.3 is 0 Å². The normalized spacial score (nSPS) is 10.0. The van der Waals surface area contributed by atoms with Crippen LogP contribution in [0.1, 0.15) is 13.3 Å². The summed E-state index contributed by atoms with van der Waals surface area (Å²) < 4.78 is 0. The summed E-state index contributed by atoms with van der Waals surface area (Å²) in [4.78, 5) is 3.78. The van der Waals surface area contributed by atoms with Crippen molar-refractivity contribution in [2.75, 3.05) is 7.05 Å². The number of hydrogen-bond acceptors (Lipinski definition) is 1. The van der Waals surface area contributed by atoms with Gasteiger partial charge in [-0.3, -0.25) is 4.99 Å². The summed E-state index contributed by atoms with van der Waals surface area (Å²) in [6.45, 7) is 5.77. The van der Waals surface area contributed by atoms with Crippen LogP contribution in [0.25, 0.3) is 0 Å². The number of rotatable bonds is 2. The van der Waals surface area contributed by atoms with E-state index in [-0.39, 0.29) is 0 Å². The van der Waals surface area contributed by atoms with Gasteiger partial charge in [0.15, 0.2) is 0 Å². The van der Waals surface area contributed by atoms with E-state index < -0.39 is 0 Å². The molecule has 0 aromatic rings. The van der Waals surface area contributed by atoms with Crippen molar-refractivity contribution in [3.63, 3.8) is 0 Å². The number of allylic oxidation sites excluding steroid dienone is 1. The van der Waals surface area contributed by atoms with Crippen molar-refractivity contribution < 1.29 is 0 Å². The molecule has 0 bridgehead atoms. The molecule has 0 aromatic carbocycles. The molecule has 40 valence electrons. The first-order chi connectivity index (χ1) is 3.31. The van der Waals surface area contributed by atoms with Crippen molar-refractivity contribution in [1.29, 1.82) is 0 Å². The Kier molecular flexibility index (Phi) is 3.29. The molecule has 0 N–H and O–H groups in total. The summed E-state index contributed by atoms with van der Waals surface area (Å²) in [6, 6.07) is 0. The standard InChI is InChI=1S/C6H11N/c1-4-6(2)5-7-3/h5H,2,4H2,1,3H3/b7-5-. The topological polar surface area (TPSA) is 12.4 Å². The second-order valence-electron chi connectivity index (χ2n) is 1.40. The molecule has 1 heteroatoms. The zero-order valence-electron chi connectivity index (χ0n) is 4.94. The van der Waals surface area contributed by atoms with E-state index in [9.17, 15) is 0 Å². The predicted octanol–water partition coefficient (Wildman–Crippen LogP) is 1.65. The molecule has 7 heavy (non-hydrogen) atoms. The van der Waals surface area contributed by atoms with Crippen molar-refractivity contribution in [3.8, 4) is 0 Å². The zero-order chi connectivity index (χ0) is 5.70. The molecule has 0 aliphatic heterocycles. The van der Waals surface area contributed by atoms with Crippen LogP contribution in [0, 0.1) is 0 Å². The first-order valence-electron chi connectivity index (χ1n) is 2.41. The van der Waals surface area contributed by atoms with Crippen molar-refractivity contribution >= 4 is 6.21 Å². The van der Waals surface area contributed by atoms with Gasteiger partial charge in [0.2, 0.25) is 0 Å². The van der Waals surface area contributed by atoms with Crippen LogP contribution in [0.5, 0.6) is 0 Å². The molecule has 0 heterocycles. The predicted molar refractivity (Wildman–Crippen MR) is 33.8 cm³/mol. The first-order valence-corrected chi connectivity index (χ1v) is 2.41. The molecule has 0 unspecified atom stereocenters. The fourth-order valence-electron chi connectivity index (χ4n) is 0.274. The monoisotopic (exact) mass is 97.1 g/mol. The van der Waals surface area contributed by atoms with Gasteiger partial charge in [0.25, 0.3) is 0 Å². The molecule has 0 rings (SSSR count). The largest absolute Gasteiger partial charge is 0.296 e. The Hall–Kier alpha value is -0.590. The molecule has 1 nitrogen and oxygen atoms in total. The Bertz CT molecular complexity index is 82.2. The molecule has 0 radical (unpaired) electrons. The molecule has 0 amide bonds. The quantitative estimate of drug-likeness (QED) is 0.464. The number of nitrogens with zero attached hydrogens (tertiary/aromatic N) is 1. The van der Waals surface area contributed by atoms with Gasteiger partial charge >= 0.3 is 0 Å². The van der Waals surface area contributed by atoms with Gasteiger partial charge in [-0.25, -0.2) is 0 Å². The summed E-state index contributed by atoms with van der Waals surface area (Å²) in [5, 5.41) is 0. The third-order valence-corrected chi connectivity index (χ3v) is 0.766. The van der Waals surface area contributed by atoms with Crippen molar-refractivity contribution in [2.45, 2.75) is 13.3 Å². The molecule has 0 saturated carbocycles. The molecule has 0 spiro atoms. The van der Waals surface area contributed by atoms with Crippen LogP contribution < -0.4 is 0 Å². The highest BCUT2D eigenvalue weighted by molar-refractivity contribution is 5.77. The van der Waals surface area contributed by atoms with Gasteiger partial charge in [-0.15, -0.1) is 0 Å². The lowest BCUT2D eigenvalue weighted by atomic mass is 10.3. The molecule has 0 aliphatic carbocycles. The Morgan fingerprint density at radius 1 is 1.86 bits per heavy atom. The Labute approximate surface area is 44.8 Å². The number of hydrogen-bond donors (Lipinski definition) is 0. The average molecular weight is 97.2 g/mol. The van der Waals surface area contributed by atoms with Crippen LogP contribution >= 0.6 is 0 Å².